The molecule has 1 aromatic carbocycles. The molecule has 0 bridgehead atoms. The molecule has 4 unspecified atom stereocenters. The molecule has 2 heterocycles. The number of amides is 3. The first-order valence-electron chi connectivity index (χ1n) is 12.9. The van der Waals surface area contributed by atoms with Crippen LogP contribution in [0.1, 0.15) is 72.4 Å². The van der Waals surface area contributed by atoms with E-state index < -0.39 is 23.6 Å². The Balaban J connectivity index is 1.66. The number of hydrogen-bond acceptors (Lipinski definition) is 6. The number of β-amino-alcohol motifs (C(OH)–C–C–N with tert-alkyl or cyclic N) is 1. The summed E-state index contributed by atoms with van der Waals surface area (Å²) >= 11 is 0. The molecule has 4 N–H and O–H groups in total. The molecule has 1 fully saturated rings. The molecule has 0 spiro atoms. The second-order valence-electron chi connectivity index (χ2n) is 12.4. The first-order valence-corrected chi connectivity index (χ1v) is 12.9. The second-order valence-corrected chi connectivity index (χ2v) is 12.4. The normalized spacial score (nSPS) is 22.8. The van der Waals surface area contributed by atoms with Crippen LogP contribution in [0.25, 0.3) is 5.57 Å². The Kier molecular flexibility index (Phi) is 8.70. The Morgan fingerprint density at radius 2 is 1.78 bits per heavy atom. The third-order valence-corrected chi connectivity index (χ3v) is 6.63. The number of likely N-dealkylation sites (tertiary alicyclic amines) is 1. The van der Waals surface area contributed by atoms with Crippen molar-refractivity contribution in [3.63, 3.8) is 0 Å². The molecule has 3 rings (SSSR count). The van der Waals surface area contributed by atoms with E-state index in [0.717, 1.165) is 16.7 Å². The number of nitrogens with one attached hydrogen (secondary N) is 3. The van der Waals surface area contributed by atoms with E-state index in [9.17, 15) is 19.5 Å². The minimum atomic E-state index is -0.818. The van der Waals surface area contributed by atoms with Crippen molar-refractivity contribution < 1.29 is 24.3 Å². The maximum atomic E-state index is 13.6. The standard InChI is InChI=1S/C28H42N4O5/c1-17-21(16-37-31-17)19-10-8-18(9-11-19)14-29-25(35)22-12-20(33)15-32(22)26(36)24(28(5,6)7)30-23(34)13-27(2,3)4/h8-11,16-17,20,22,24,31,33H,12-15H2,1-7H3,(H,29,35)(H,30,34). The van der Waals surface area contributed by atoms with Gasteiger partial charge in [-0.2, -0.15) is 5.48 Å². The minimum Gasteiger partial charge on any atom is -0.416 e. The fraction of sp³-hybridized carbons (Fsp3) is 0.607. The Hall–Kier alpha value is -2.91. The van der Waals surface area contributed by atoms with Crippen LogP contribution >= 0.6 is 0 Å². The smallest absolute Gasteiger partial charge is 0.246 e. The molecule has 1 saturated heterocycles. The van der Waals surface area contributed by atoms with Crippen molar-refractivity contribution >= 4 is 23.3 Å². The number of benzene rings is 1. The molecule has 2 aliphatic heterocycles. The van der Waals surface area contributed by atoms with Crippen molar-refractivity contribution in [2.75, 3.05) is 6.54 Å². The van der Waals surface area contributed by atoms with Gasteiger partial charge in [-0.05, 0) is 28.9 Å². The maximum Gasteiger partial charge on any atom is 0.246 e. The highest BCUT2D eigenvalue weighted by molar-refractivity contribution is 5.93. The summed E-state index contributed by atoms with van der Waals surface area (Å²) in [6.07, 6.45) is 1.32. The average Bonchev–Trinajstić information content (AvgIpc) is 3.39. The van der Waals surface area contributed by atoms with Crippen LogP contribution in [0, 0.1) is 10.8 Å². The van der Waals surface area contributed by atoms with Crippen molar-refractivity contribution in [1.29, 1.82) is 0 Å². The SMILES string of the molecule is CC1NOC=C1c1ccc(CNC(=O)C2CC(O)CN2C(=O)C(NC(=O)CC(C)(C)C)C(C)(C)C)cc1. The van der Waals surface area contributed by atoms with E-state index in [4.69, 9.17) is 4.84 Å². The van der Waals surface area contributed by atoms with Crippen LogP contribution in [0.5, 0.6) is 0 Å². The van der Waals surface area contributed by atoms with Crippen LogP contribution in [-0.4, -0.2) is 58.5 Å². The number of carbonyl (C=O) groups excluding carboxylic acids is 3. The summed E-state index contributed by atoms with van der Waals surface area (Å²) < 4.78 is 0. The van der Waals surface area contributed by atoms with Gasteiger partial charge in [-0.25, -0.2) is 0 Å². The molecule has 1 aromatic rings. The van der Waals surface area contributed by atoms with Crippen molar-refractivity contribution in [2.24, 2.45) is 10.8 Å². The fourth-order valence-corrected chi connectivity index (χ4v) is 4.62. The average molecular weight is 515 g/mol. The first kappa shape index (κ1) is 28.7. The molecule has 37 heavy (non-hydrogen) atoms. The number of rotatable bonds is 7. The molecule has 4 atom stereocenters. The predicted molar refractivity (Wildman–Crippen MR) is 142 cm³/mol. The van der Waals surface area contributed by atoms with Crippen LogP contribution in [0.2, 0.25) is 0 Å². The van der Waals surface area contributed by atoms with E-state index in [1.165, 1.54) is 4.90 Å². The molecular weight excluding hydrogens is 472 g/mol. The highest BCUT2D eigenvalue weighted by Gasteiger charge is 2.44. The van der Waals surface area contributed by atoms with Crippen molar-refractivity contribution in [1.82, 2.24) is 21.0 Å². The molecule has 9 nitrogen and oxygen atoms in total. The molecule has 0 aliphatic carbocycles. The Morgan fingerprint density at radius 3 is 2.32 bits per heavy atom. The zero-order valence-electron chi connectivity index (χ0n) is 23.1. The molecule has 0 saturated carbocycles. The minimum absolute atomic E-state index is 0.0523. The second kappa shape index (κ2) is 11.2. The lowest BCUT2D eigenvalue weighted by Crippen LogP contribution is -2.58. The highest BCUT2D eigenvalue weighted by atomic mass is 16.6. The maximum absolute atomic E-state index is 13.6. The van der Waals surface area contributed by atoms with Gasteiger partial charge < -0.3 is 25.5 Å². The predicted octanol–water partition coefficient (Wildman–Crippen LogP) is 2.50. The Bertz CT molecular complexity index is 1020. The van der Waals surface area contributed by atoms with Crippen LogP contribution in [-0.2, 0) is 25.8 Å². The molecule has 2 aliphatic rings. The van der Waals surface area contributed by atoms with Crippen molar-refractivity contribution in [2.45, 2.75) is 92.1 Å². The summed E-state index contributed by atoms with van der Waals surface area (Å²) in [5.74, 6) is -0.895. The summed E-state index contributed by atoms with van der Waals surface area (Å²) in [5.41, 5.74) is 5.08. The van der Waals surface area contributed by atoms with E-state index in [-0.39, 0.29) is 48.6 Å². The number of aliphatic hydroxyl groups excluding tert-OH is 1. The number of carbonyl (C=O) groups is 3. The number of hydroxylamine groups is 1. The van der Waals surface area contributed by atoms with Crippen LogP contribution < -0.4 is 16.1 Å². The lowest BCUT2D eigenvalue weighted by Gasteiger charge is -2.35. The summed E-state index contributed by atoms with van der Waals surface area (Å²) in [6.45, 7) is 13.9. The van der Waals surface area contributed by atoms with E-state index in [1.807, 2.05) is 72.7 Å². The fourth-order valence-electron chi connectivity index (χ4n) is 4.62. The van der Waals surface area contributed by atoms with E-state index in [0.29, 0.717) is 6.54 Å². The van der Waals surface area contributed by atoms with E-state index in [1.54, 1.807) is 6.26 Å². The molecule has 3 amide bonds. The highest BCUT2D eigenvalue weighted by Crippen LogP contribution is 2.27. The Labute approximate surface area is 220 Å². The third-order valence-electron chi connectivity index (χ3n) is 6.63. The van der Waals surface area contributed by atoms with E-state index >= 15 is 0 Å². The summed E-state index contributed by atoms with van der Waals surface area (Å²) in [6, 6.07) is 6.30. The Morgan fingerprint density at radius 1 is 1.14 bits per heavy atom. The quantitative estimate of drug-likeness (QED) is 0.444. The molecule has 0 radical (unpaired) electrons. The van der Waals surface area contributed by atoms with Crippen LogP contribution in [0.3, 0.4) is 0 Å². The number of aliphatic hydroxyl groups is 1. The molecular formula is C28H42N4O5. The zero-order valence-corrected chi connectivity index (χ0v) is 23.1. The lowest BCUT2D eigenvalue weighted by atomic mass is 9.84. The van der Waals surface area contributed by atoms with Crippen LogP contribution in [0.4, 0.5) is 0 Å². The van der Waals surface area contributed by atoms with Gasteiger partial charge in [0.2, 0.25) is 17.7 Å². The summed E-state index contributed by atoms with van der Waals surface area (Å²) in [5, 5.41) is 16.1. The molecule has 9 heteroatoms. The molecule has 0 aromatic heterocycles. The van der Waals surface area contributed by atoms with Gasteiger partial charge in [-0.15, -0.1) is 0 Å². The van der Waals surface area contributed by atoms with Gasteiger partial charge in [-0.3, -0.25) is 14.4 Å². The van der Waals surface area contributed by atoms with Gasteiger partial charge in [-0.1, -0.05) is 65.8 Å². The van der Waals surface area contributed by atoms with E-state index in [2.05, 4.69) is 16.1 Å². The molecule has 204 valence electrons. The van der Waals surface area contributed by atoms with Crippen molar-refractivity contribution in [3.05, 3.63) is 41.7 Å². The number of nitrogens with zero attached hydrogens (tertiary/aromatic N) is 1. The van der Waals surface area contributed by atoms with Crippen LogP contribution in [0.15, 0.2) is 30.5 Å². The largest absolute Gasteiger partial charge is 0.416 e. The first-order chi connectivity index (χ1) is 17.2. The zero-order chi connectivity index (χ0) is 27.5. The van der Waals surface area contributed by atoms with Crippen molar-refractivity contribution in [3.8, 4) is 0 Å². The topological polar surface area (TPSA) is 120 Å². The van der Waals surface area contributed by atoms with Gasteiger partial charge in [0, 0.05) is 31.5 Å². The number of hydrogen-bond donors (Lipinski definition) is 4. The third kappa shape index (κ3) is 7.55. The lowest BCUT2D eigenvalue weighted by molar-refractivity contribution is -0.144. The van der Waals surface area contributed by atoms with Gasteiger partial charge in [0.15, 0.2) is 0 Å². The monoisotopic (exact) mass is 514 g/mol. The summed E-state index contributed by atoms with van der Waals surface area (Å²) in [7, 11) is 0. The summed E-state index contributed by atoms with van der Waals surface area (Å²) in [4.78, 5) is 46.0. The van der Waals surface area contributed by atoms with Gasteiger partial charge in [0.1, 0.15) is 18.3 Å². The van der Waals surface area contributed by atoms with Gasteiger partial charge in [0.05, 0.1) is 12.1 Å². The van der Waals surface area contributed by atoms with Gasteiger partial charge >= 0.3 is 0 Å². The van der Waals surface area contributed by atoms with Gasteiger partial charge in [0.25, 0.3) is 0 Å².